The van der Waals surface area contributed by atoms with Crippen molar-refractivity contribution in [2.75, 3.05) is 45.8 Å². The maximum atomic E-state index is 12.9. The first kappa shape index (κ1) is 24.6. The number of β-amino-alcohol motifs (C(OH)–C–C–N with tert-alkyl or cyclic N) is 1. The Kier molecular flexibility index (Phi) is 7.48. The highest BCUT2D eigenvalue weighted by Gasteiger charge is 2.31. The summed E-state index contributed by atoms with van der Waals surface area (Å²) < 4.78 is 0. The van der Waals surface area contributed by atoms with Gasteiger partial charge in [0.15, 0.2) is 0 Å². The topological polar surface area (TPSA) is 93.1 Å². The summed E-state index contributed by atoms with van der Waals surface area (Å²) in [5.41, 5.74) is 4.44. The molecule has 1 aromatic carbocycles. The molecule has 192 valence electrons. The zero-order valence-electron chi connectivity index (χ0n) is 21.1. The van der Waals surface area contributed by atoms with Crippen LogP contribution in [0.2, 0.25) is 0 Å². The molecule has 0 bridgehead atoms. The molecular formula is C27H36N6O3. The fraction of sp³-hybridized carbons (Fsp3) is 0.556. The molecule has 9 heteroatoms. The fourth-order valence-electron chi connectivity index (χ4n) is 5.61. The van der Waals surface area contributed by atoms with Crippen LogP contribution in [0.25, 0.3) is 0 Å². The van der Waals surface area contributed by atoms with Gasteiger partial charge in [-0.25, -0.2) is 4.79 Å². The van der Waals surface area contributed by atoms with Crippen LogP contribution in [0.1, 0.15) is 48.2 Å². The van der Waals surface area contributed by atoms with E-state index >= 15 is 0 Å². The number of rotatable bonds is 7. The molecule has 3 aliphatic heterocycles. The first-order valence-corrected chi connectivity index (χ1v) is 13.0. The molecule has 2 fully saturated rings. The third-order valence-electron chi connectivity index (χ3n) is 7.73. The van der Waals surface area contributed by atoms with Crippen LogP contribution in [-0.2, 0) is 24.3 Å². The van der Waals surface area contributed by atoms with Gasteiger partial charge >= 0.3 is 6.03 Å². The zero-order chi connectivity index (χ0) is 25.1. The van der Waals surface area contributed by atoms with Crippen molar-refractivity contribution in [1.29, 1.82) is 0 Å². The summed E-state index contributed by atoms with van der Waals surface area (Å²) in [5, 5.41) is 10.7. The van der Waals surface area contributed by atoms with Gasteiger partial charge < -0.3 is 19.8 Å². The normalized spacial score (nSPS) is 20.1. The summed E-state index contributed by atoms with van der Waals surface area (Å²) in [5.74, 6) is 0.449. The molecule has 1 N–H and O–H groups in total. The predicted octanol–water partition coefficient (Wildman–Crippen LogP) is 1.86. The monoisotopic (exact) mass is 492 g/mol. The summed E-state index contributed by atoms with van der Waals surface area (Å²) in [7, 11) is 0. The van der Waals surface area contributed by atoms with Gasteiger partial charge in [0, 0.05) is 71.4 Å². The van der Waals surface area contributed by atoms with E-state index in [1.54, 1.807) is 22.9 Å². The molecule has 4 heterocycles. The number of nitrogens with zero attached hydrogens (tertiary/aromatic N) is 6. The lowest BCUT2D eigenvalue weighted by molar-refractivity contribution is -0.129. The molecule has 0 radical (unpaired) electrons. The van der Waals surface area contributed by atoms with Gasteiger partial charge in [0.2, 0.25) is 5.91 Å². The van der Waals surface area contributed by atoms with Crippen LogP contribution in [0.5, 0.6) is 0 Å². The van der Waals surface area contributed by atoms with E-state index in [1.807, 2.05) is 11.1 Å². The Morgan fingerprint density at radius 1 is 1.00 bits per heavy atom. The average Bonchev–Trinajstić information content (AvgIpc) is 3.22. The maximum Gasteiger partial charge on any atom is 0.320 e. The number of carbonyl (C=O) groups excluding carboxylic acids is 2. The van der Waals surface area contributed by atoms with Crippen LogP contribution < -0.4 is 0 Å². The lowest BCUT2D eigenvalue weighted by Gasteiger charge is -2.31. The number of carbonyl (C=O) groups is 2. The summed E-state index contributed by atoms with van der Waals surface area (Å²) >= 11 is 0. The van der Waals surface area contributed by atoms with Crippen molar-refractivity contribution in [3.63, 3.8) is 0 Å². The van der Waals surface area contributed by atoms with Crippen LogP contribution in [0, 0.1) is 0 Å². The first-order valence-electron chi connectivity index (χ1n) is 13.0. The van der Waals surface area contributed by atoms with Gasteiger partial charge in [-0.2, -0.15) is 0 Å². The number of aliphatic hydroxyl groups excluding tert-OH is 1. The van der Waals surface area contributed by atoms with Crippen molar-refractivity contribution in [1.82, 2.24) is 29.6 Å². The van der Waals surface area contributed by atoms with Crippen LogP contribution in [-0.4, -0.2) is 98.5 Å². The van der Waals surface area contributed by atoms with Gasteiger partial charge in [0.25, 0.3) is 0 Å². The van der Waals surface area contributed by atoms with E-state index in [1.165, 1.54) is 11.1 Å². The van der Waals surface area contributed by atoms with E-state index in [4.69, 9.17) is 0 Å². The van der Waals surface area contributed by atoms with Gasteiger partial charge in [-0.15, -0.1) is 0 Å². The third-order valence-corrected chi connectivity index (χ3v) is 7.73. The van der Waals surface area contributed by atoms with E-state index in [0.717, 1.165) is 56.8 Å². The van der Waals surface area contributed by atoms with E-state index in [0.29, 0.717) is 38.6 Å². The fourth-order valence-corrected chi connectivity index (χ4v) is 5.61. The van der Waals surface area contributed by atoms with Crippen LogP contribution in [0.4, 0.5) is 4.79 Å². The Balaban J connectivity index is 1.08. The molecule has 0 aliphatic carbocycles. The second-order valence-electron chi connectivity index (χ2n) is 10.3. The third kappa shape index (κ3) is 5.68. The second kappa shape index (κ2) is 10.9. The van der Waals surface area contributed by atoms with Gasteiger partial charge in [-0.05, 0) is 30.4 Å². The minimum atomic E-state index is -0.576. The Morgan fingerprint density at radius 2 is 1.75 bits per heavy atom. The number of amides is 3. The number of benzene rings is 1. The number of aromatic nitrogens is 2. The quantitative estimate of drug-likeness (QED) is 0.634. The van der Waals surface area contributed by atoms with Crippen molar-refractivity contribution < 1.29 is 14.7 Å². The Bertz CT molecular complexity index is 1070. The smallest absolute Gasteiger partial charge is 0.320 e. The molecule has 3 aliphatic rings. The van der Waals surface area contributed by atoms with Crippen LogP contribution in [0.3, 0.4) is 0 Å². The molecule has 1 atom stereocenters. The first-order chi connectivity index (χ1) is 17.5. The molecule has 36 heavy (non-hydrogen) atoms. The highest BCUT2D eigenvalue weighted by Crippen LogP contribution is 2.26. The molecule has 9 nitrogen and oxygen atoms in total. The number of fused-ring (bicyclic) bond motifs is 1. The highest BCUT2D eigenvalue weighted by atomic mass is 16.3. The van der Waals surface area contributed by atoms with Crippen LogP contribution >= 0.6 is 0 Å². The van der Waals surface area contributed by atoms with E-state index in [2.05, 4.69) is 39.1 Å². The van der Waals surface area contributed by atoms with E-state index in [9.17, 15) is 14.7 Å². The average molecular weight is 493 g/mol. The van der Waals surface area contributed by atoms with Crippen molar-refractivity contribution in [3.05, 3.63) is 59.2 Å². The SMILES string of the molecule is CC(=O)N1CCC(c2cnc(CN3CCN(CC(O)CN4CCc5ccccc5C4)C3=O)cn2)CC1. The number of hydrogen-bond donors (Lipinski definition) is 1. The van der Waals surface area contributed by atoms with Crippen molar-refractivity contribution in [2.45, 2.75) is 51.3 Å². The molecule has 5 rings (SSSR count). The molecule has 0 spiro atoms. The molecule has 3 amide bonds. The summed E-state index contributed by atoms with van der Waals surface area (Å²) in [6.45, 7) is 7.48. The van der Waals surface area contributed by atoms with Gasteiger partial charge in [-0.3, -0.25) is 19.7 Å². The minimum absolute atomic E-state index is 0.0551. The van der Waals surface area contributed by atoms with E-state index in [-0.39, 0.29) is 11.9 Å². The summed E-state index contributed by atoms with van der Waals surface area (Å²) in [6.07, 6.45) is 5.82. The molecule has 0 saturated carbocycles. The molecule has 1 unspecified atom stereocenters. The maximum absolute atomic E-state index is 12.9. The number of likely N-dealkylation sites (tertiary alicyclic amines) is 1. The molecule has 2 aromatic rings. The number of urea groups is 1. The van der Waals surface area contributed by atoms with Gasteiger partial charge in [0.1, 0.15) is 0 Å². The van der Waals surface area contributed by atoms with Gasteiger partial charge in [-0.1, -0.05) is 24.3 Å². The zero-order valence-corrected chi connectivity index (χ0v) is 21.1. The standard InChI is InChI=1S/C27H36N6O3/c1-20(34)31-10-7-22(8-11-31)26-15-28-24(14-29-26)17-32-12-13-33(27(32)36)19-25(35)18-30-9-6-21-4-2-3-5-23(21)16-30/h2-5,14-15,22,25,35H,6-13,16-19H2,1H3. The largest absolute Gasteiger partial charge is 0.390 e. The number of aliphatic hydroxyl groups is 1. The number of piperidine rings is 1. The molecule has 2 saturated heterocycles. The Hall–Kier alpha value is -3.04. The predicted molar refractivity (Wildman–Crippen MR) is 135 cm³/mol. The molecular weight excluding hydrogens is 456 g/mol. The second-order valence-corrected chi connectivity index (χ2v) is 10.3. The minimum Gasteiger partial charge on any atom is -0.390 e. The summed E-state index contributed by atoms with van der Waals surface area (Å²) in [6, 6.07) is 8.42. The van der Waals surface area contributed by atoms with E-state index < -0.39 is 6.10 Å². The van der Waals surface area contributed by atoms with Gasteiger partial charge in [0.05, 0.1) is 30.2 Å². The van der Waals surface area contributed by atoms with Crippen molar-refractivity contribution >= 4 is 11.9 Å². The van der Waals surface area contributed by atoms with Crippen molar-refractivity contribution in [2.24, 2.45) is 0 Å². The number of hydrogen-bond acceptors (Lipinski definition) is 6. The molecule has 1 aromatic heterocycles. The highest BCUT2D eigenvalue weighted by molar-refractivity contribution is 5.76. The Morgan fingerprint density at radius 3 is 2.47 bits per heavy atom. The lowest BCUT2D eigenvalue weighted by atomic mass is 9.94. The van der Waals surface area contributed by atoms with Crippen LogP contribution in [0.15, 0.2) is 36.7 Å². The van der Waals surface area contributed by atoms with Crippen molar-refractivity contribution in [3.8, 4) is 0 Å². The summed E-state index contributed by atoms with van der Waals surface area (Å²) in [4.78, 5) is 41.4. The lowest BCUT2D eigenvalue weighted by Crippen LogP contribution is -2.43. The Labute approximate surface area is 212 Å².